The number of carbonyl (C=O) groups is 4. The summed E-state index contributed by atoms with van der Waals surface area (Å²) in [5, 5.41) is 5.59. The Bertz CT molecular complexity index is 1950. The highest BCUT2D eigenvalue weighted by Crippen LogP contribution is 2.44. The lowest BCUT2D eigenvalue weighted by Crippen LogP contribution is -2.69. The number of rotatable bonds is 23. The van der Waals surface area contributed by atoms with Crippen molar-refractivity contribution in [1.29, 1.82) is 0 Å². The van der Waals surface area contributed by atoms with Crippen LogP contribution in [0, 0.1) is 0 Å². The molecule has 0 spiro atoms. The Labute approximate surface area is 407 Å². The maximum absolute atomic E-state index is 13.5. The number of carbonyl (C=O) groups excluding carboxylic acids is 4. The van der Waals surface area contributed by atoms with E-state index < -0.39 is 104 Å². The molecule has 384 valence electrons. The minimum Gasteiger partial charge on any atom is -0.465 e. The quantitative estimate of drug-likeness (QED) is 0.153. The number of fused-ring (bicyclic) bond motifs is 3. The third-order valence-electron chi connectivity index (χ3n) is 12.9. The van der Waals surface area contributed by atoms with Crippen LogP contribution in [0.1, 0.15) is 43.7 Å². The average molecular weight is 993 g/mol. The third kappa shape index (κ3) is 12.9. The molecule has 14 unspecified atom stereocenters. The van der Waals surface area contributed by atoms with E-state index in [-0.39, 0.29) is 55.4 Å². The maximum atomic E-state index is 13.5. The molecule has 3 fully saturated rings. The number of esters is 1. The summed E-state index contributed by atoms with van der Waals surface area (Å²) in [6.45, 7) is 3.32. The van der Waals surface area contributed by atoms with E-state index in [0.29, 0.717) is 0 Å². The minimum atomic E-state index is -1.14. The fraction of sp³-hybridized carbons (Fsp3) is 0.667. The molecule has 15 atom stereocenters. The largest absolute Gasteiger partial charge is 0.465 e. The van der Waals surface area contributed by atoms with Gasteiger partial charge < -0.3 is 76.9 Å². The molecule has 0 bridgehead atoms. The van der Waals surface area contributed by atoms with Crippen LogP contribution in [0.15, 0.2) is 48.5 Å². The van der Waals surface area contributed by atoms with Crippen LogP contribution < -0.4 is 10.6 Å². The van der Waals surface area contributed by atoms with Gasteiger partial charge in [-0.1, -0.05) is 60.3 Å². The number of methoxy groups -OCH3 is 8. The van der Waals surface area contributed by atoms with Gasteiger partial charge in [-0.25, -0.2) is 0 Å². The van der Waals surface area contributed by atoms with E-state index >= 15 is 0 Å². The predicted octanol–water partition coefficient (Wildman–Crippen LogP) is 2.35. The molecule has 21 heteroatoms. The van der Waals surface area contributed by atoms with E-state index in [1.807, 2.05) is 36.4 Å². The number of thioether (sulfide) groups is 1. The lowest BCUT2D eigenvalue weighted by atomic mass is 9.94. The van der Waals surface area contributed by atoms with Crippen LogP contribution in [0.25, 0.3) is 11.1 Å². The fourth-order valence-electron chi connectivity index (χ4n) is 9.66. The number of ether oxygens (including phenoxy) is 14. The average Bonchev–Trinajstić information content (AvgIpc) is 3.66. The summed E-state index contributed by atoms with van der Waals surface area (Å²) in [5.41, 5.74) is 4.42. The molecule has 2 aromatic carbocycles. The van der Waals surface area contributed by atoms with Crippen molar-refractivity contribution in [2.75, 3.05) is 82.5 Å². The van der Waals surface area contributed by atoms with Crippen molar-refractivity contribution < 1.29 is 85.5 Å². The van der Waals surface area contributed by atoms with E-state index in [1.54, 1.807) is 6.92 Å². The van der Waals surface area contributed by atoms with Gasteiger partial charge in [0.2, 0.25) is 11.8 Å². The monoisotopic (exact) mass is 992 g/mol. The van der Waals surface area contributed by atoms with Crippen LogP contribution in [-0.4, -0.2) is 197 Å². The first-order valence-corrected chi connectivity index (χ1v) is 23.8. The van der Waals surface area contributed by atoms with E-state index in [1.165, 1.54) is 63.8 Å². The molecule has 3 saturated heterocycles. The van der Waals surface area contributed by atoms with Crippen molar-refractivity contribution in [2.45, 2.75) is 125 Å². The molecule has 1 aliphatic carbocycles. The number of benzene rings is 2. The first-order chi connectivity index (χ1) is 33.4. The molecule has 0 saturated carbocycles. The lowest BCUT2D eigenvalue weighted by Gasteiger charge is -2.51. The van der Waals surface area contributed by atoms with Crippen molar-refractivity contribution in [3.63, 3.8) is 0 Å². The van der Waals surface area contributed by atoms with Gasteiger partial charge in [-0.2, -0.15) is 0 Å². The molecule has 4 aliphatic rings. The zero-order valence-electron chi connectivity index (χ0n) is 40.9. The van der Waals surface area contributed by atoms with Crippen molar-refractivity contribution >= 4 is 34.7 Å². The first kappa shape index (κ1) is 54.7. The molecule has 69 heavy (non-hydrogen) atoms. The molecule has 2 aromatic rings. The van der Waals surface area contributed by atoms with E-state index in [9.17, 15) is 19.2 Å². The van der Waals surface area contributed by atoms with Crippen LogP contribution in [0.3, 0.4) is 0 Å². The van der Waals surface area contributed by atoms with Gasteiger partial charge in [0.15, 0.2) is 23.9 Å². The first-order valence-electron chi connectivity index (χ1n) is 22.8. The number of hydrogen-bond donors (Lipinski definition) is 2. The molecule has 3 heterocycles. The Hall–Kier alpha value is -3.65. The SMILES string of the molecule is COCC1OC(NC(=O)CCC(=O)OCC2c3ccccc3-c3ccccc32)C(OC)C(OC)C1OC1OC(COC)C(OC2OC(C)[C@@H](NC(=O)CSC(C)=O)C(OC)C2OC)C(OC)C1OC. The molecule has 2 N–H and O–H groups in total. The second kappa shape index (κ2) is 26.2. The summed E-state index contributed by atoms with van der Waals surface area (Å²) < 4.78 is 85.5. The minimum absolute atomic E-state index is 0.00564. The van der Waals surface area contributed by atoms with Crippen LogP contribution in [0.4, 0.5) is 0 Å². The zero-order chi connectivity index (χ0) is 49.8. The molecule has 0 aromatic heterocycles. The molecule has 20 nitrogen and oxygen atoms in total. The Balaban J connectivity index is 1.10. The summed E-state index contributed by atoms with van der Waals surface area (Å²) in [6, 6.07) is 15.5. The molecular formula is C48H68N2O18S. The normalized spacial score (nSPS) is 32.2. The summed E-state index contributed by atoms with van der Waals surface area (Å²) in [6.07, 6.45) is -12.9. The Morgan fingerprint density at radius 3 is 1.61 bits per heavy atom. The molecule has 3 aliphatic heterocycles. The van der Waals surface area contributed by atoms with Crippen LogP contribution in [0.5, 0.6) is 0 Å². The summed E-state index contributed by atoms with van der Waals surface area (Å²) in [4.78, 5) is 50.8. The third-order valence-corrected chi connectivity index (χ3v) is 13.7. The van der Waals surface area contributed by atoms with Gasteiger partial charge in [-0.3, -0.25) is 19.2 Å². The second-order valence-electron chi connectivity index (χ2n) is 17.0. The highest BCUT2D eigenvalue weighted by molar-refractivity contribution is 8.14. The number of nitrogens with one attached hydrogen (secondary N) is 2. The van der Waals surface area contributed by atoms with Gasteiger partial charge in [0.1, 0.15) is 67.6 Å². The van der Waals surface area contributed by atoms with Gasteiger partial charge in [0, 0.05) is 76.1 Å². The summed E-state index contributed by atoms with van der Waals surface area (Å²) in [7, 11) is 11.9. The molecule has 0 radical (unpaired) electrons. The van der Waals surface area contributed by atoms with E-state index in [2.05, 4.69) is 22.8 Å². The lowest BCUT2D eigenvalue weighted by molar-refractivity contribution is -0.374. The predicted molar refractivity (Wildman–Crippen MR) is 247 cm³/mol. The van der Waals surface area contributed by atoms with E-state index in [4.69, 9.17) is 66.3 Å². The fourth-order valence-corrected chi connectivity index (χ4v) is 10.1. The Morgan fingerprint density at radius 2 is 1.07 bits per heavy atom. The smallest absolute Gasteiger partial charge is 0.306 e. The summed E-state index contributed by atoms with van der Waals surface area (Å²) in [5.74, 6) is -1.53. The molecular weight excluding hydrogens is 925 g/mol. The van der Waals surface area contributed by atoms with E-state index in [0.717, 1.165) is 34.0 Å². The Morgan fingerprint density at radius 1 is 0.565 bits per heavy atom. The second-order valence-corrected chi connectivity index (χ2v) is 18.2. The van der Waals surface area contributed by atoms with Crippen LogP contribution in [-0.2, 0) is 85.5 Å². The van der Waals surface area contributed by atoms with Crippen LogP contribution in [0.2, 0.25) is 0 Å². The number of amides is 2. The topological polar surface area (TPSA) is 222 Å². The van der Waals surface area contributed by atoms with Gasteiger partial charge >= 0.3 is 5.97 Å². The van der Waals surface area contributed by atoms with Crippen molar-refractivity contribution in [3.05, 3.63) is 59.7 Å². The highest BCUT2D eigenvalue weighted by Gasteiger charge is 2.56. The van der Waals surface area contributed by atoms with Gasteiger partial charge in [0.05, 0.1) is 37.5 Å². The zero-order valence-corrected chi connectivity index (χ0v) is 41.7. The van der Waals surface area contributed by atoms with Crippen molar-refractivity contribution in [1.82, 2.24) is 10.6 Å². The molecule has 6 rings (SSSR count). The molecule has 2 amide bonds. The highest BCUT2D eigenvalue weighted by atomic mass is 32.2. The standard InChI is InChI=1S/C48H68N2O18S/c1-25-37(49-35(53)24-69-26(2)51)40(57-5)44(61-9)47(64-25)67-39-33(23-56-4)66-48(45(62-10)42(39)59-7)68-38-32(22-55-3)65-46(43(60-8)41(38)58-6)50-34(52)19-20-36(54)63-21-31-29-17-13-11-15-27(29)28-16-12-14-18-30(28)31/h11-18,25,31-33,37-48H,19-24H2,1-10H3,(H,49,53)(H,50,52)/t25?,32?,33?,37-,38?,39?,40?,41?,42?,43?,44?,45?,46?,47?,48?/m1/s1. The van der Waals surface area contributed by atoms with Gasteiger partial charge in [-0.05, 0) is 29.2 Å². The van der Waals surface area contributed by atoms with Crippen molar-refractivity contribution in [3.8, 4) is 11.1 Å². The Kier molecular flexibility index (Phi) is 20.7. The van der Waals surface area contributed by atoms with Crippen molar-refractivity contribution in [2.24, 2.45) is 0 Å². The van der Waals surface area contributed by atoms with Crippen LogP contribution >= 0.6 is 11.8 Å². The number of hydrogen-bond acceptors (Lipinski definition) is 19. The maximum Gasteiger partial charge on any atom is 0.306 e. The van der Waals surface area contributed by atoms with Gasteiger partial charge in [0.25, 0.3) is 0 Å². The van der Waals surface area contributed by atoms with Gasteiger partial charge in [-0.15, -0.1) is 0 Å². The summed E-state index contributed by atoms with van der Waals surface area (Å²) >= 11 is 0.895.